The van der Waals surface area contributed by atoms with Crippen LogP contribution in [0.2, 0.25) is 0 Å². The van der Waals surface area contributed by atoms with Gasteiger partial charge in [0.2, 0.25) is 5.75 Å². The normalized spacial score (nSPS) is 17.4. The van der Waals surface area contributed by atoms with E-state index in [2.05, 4.69) is 0 Å². The summed E-state index contributed by atoms with van der Waals surface area (Å²) < 4.78 is 26.5. The Morgan fingerprint density at radius 3 is 2.39 bits per heavy atom. The average Bonchev–Trinajstić information content (AvgIpc) is 3.21. The van der Waals surface area contributed by atoms with Gasteiger partial charge < -0.3 is 23.7 Å². The Balaban J connectivity index is 2.11. The topological polar surface area (TPSA) is 49.5 Å². The van der Waals surface area contributed by atoms with Crippen LogP contribution in [0, 0.1) is 0 Å². The molecular formula is C13H18O5. The van der Waals surface area contributed by atoms with Gasteiger partial charge >= 0.3 is 0 Å². The summed E-state index contributed by atoms with van der Waals surface area (Å²) >= 11 is 0. The quantitative estimate of drug-likeness (QED) is 0.692. The molecule has 0 amide bonds. The molecule has 1 aromatic carbocycles. The molecule has 100 valence electrons. The molecule has 0 saturated carbocycles. The molecule has 18 heavy (non-hydrogen) atoms. The summed E-state index contributed by atoms with van der Waals surface area (Å²) in [5.74, 6) is 1.88. The molecule has 1 saturated heterocycles. The van der Waals surface area contributed by atoms with E-state index in [1.165, 1.54) is 0 Å². The molecule has 0 spiro atoms. The fourth-order valence-corrected chi connectivity index (χ4v) is 1.74. The maximum atomic E-state index is 5.56. The highest BCUT2D eigenvalue weighted by atomic mass is 16.6. The summed E-state index contributed by atoms with van der Waals surface area (Å²) in [6.45, 7) is 1.87. The van der Waals surface area contributed by atoms with Gasteiger partial charge in [0.1, 0.15) is 6.10 Å². The molecule has 0 aliphatic carbocycles. The first kappa shape index (κ1) is 13.0. The van der Waals surface area contributed by atoms with Crippen LogP contribution >= 0.6 is 0 Å². The number of rotatable bonds is 7. The minimum atomic E-state index is 0.260. The molecule has 1 fully saturated rings. The van der Waals surface area contributed by atoms with Crippen LogP contribution in [0.1, 0.15) is 5.56 Å². The molecule has 0 radical (unpaired) electrons. The molecule has 1 aromatic rings. The van der Waals surface area contributed by atoms with Crippen LogP contribution in [0.4, 0.5) is 0 Å². The van der Waals surface area contributed by atoms with Crippen molar-refractivity contribution in [1.82, 2.24) is 0 Å². The highest BCUT2D eigenvalue weighted by molar-refractivity contribution is 5.55. The molecule has 5 heteroatoms. The van der Waals surface area contributed by atoms with Crippen LogP contribution in [0.25, 0.3) is 0 Å². The SMILES string of the molecule is COc1ccc(COC[C@H]2CO2)c(OC)c1OC. The van der Waals surface area contributed by atoms with Crippen molar-refractivity contribution in [3.05, 3.63) is 17.7 Å². The second kappa shape index (κ2) is 5.93. The Bertz CT molecular complexity index is 401. The lowest BCUT2D eigenvalue weighted by Gasteiger charge is -2.15. The molecule has 0 N–H and O–H groups in total. The van der Waals surface area contributed by atoms with E-state index in [-0.39, 0.29) is 6.10 Å². The van der Waals surface area contributed by atoms with Gasteiger partial charge in [-0.1, -0.05) is 0 Å². The van der Waals surface area contributed by atoms with Gasteiger partial charge in [-0.15, -0.1) is 0 Å². The van der Waals surface area contributed by atoms with Gasteiger partial charge in [0.25, 0.3) is 0 Å². The molecule has 1 aliphatic rings. The highest BCUT2D eigenvalue weighted by Crippen LogP contribution is 2.39. The first-order valence-corrected chi connectivity index (χ1v) is 5.77. The smallest absolute Gasteiger partial charge is 0.203 e. The predicted octanol–water partition coefficient (Wildman–Crippen LogP) is 1.63. The van der Waals surface area contributed by atoms with Crippen LogP contribution < -0.4 is 14.2 Å². The van der Waals surface area contributed by atoms with Crippen LogP contribution in [0.15, 0.2) is 12.1 Å². The number of methoxy groups -OCH3 is 3. The Labute approximate surface area is 107 Å². The maximum absolute atomic E-state index is 5.56. The first-order chi connectivity index (χ1) is 8.80. The minimum absolute atomic E-state index is 0.260. The van der Waals surface area contributed by atoms with Crippen molar-refractivity contribution in [1.29, 1.82) is 0 Å². The first-order valence-electron chi connectivity index (χ1n) is 5.77. The Kier molecular flexibility index (Phi) is 4.28. The Morgan fingerprint density at radius 1 is 1.11 bits per heavy atom. The third-order valence-electron chi connectivity index (χ3n) is 2.75. The number of epoxide rings is 1. The van der Waals surface area contributed by atoms with Crippen molar-refractivity contribution in [3.63, 3.8) is 0 Å². The van der Waals surface area contributed by atoms with Gasteiger partial charge in [-0.25, -0.2) is 0 Å². The largest absolute Gasteiger partial charge is 0.493 e. The third-order valence-corrected chi connectivity index (χ3v) is 2.75. The third kappa shape index (κ3) is 2.86. The maximum Gasteiger partial charge on any atom is 0.203 e. The van der Waals surface area contributed by atoms with Crippen molar-refractivity contribution >= 4 is 0 Å². The average molecular weight is 254 g/mol. The van der Waals surface area contributed by atoms with E-state index in [9.17, 15) is 0 Å². The van der Waals surface area contributed by atoms with Crippen molar-refractivity contribution in [2.24, 2.45) is 0 Å². The summed E-state index contributed by atoms with van der Waals surface area (Å²) in [5.41, 5.74) is 0.927. The van der Waals surface area contributed by atoms with Crippen LogP contribution in [0.5, 0.6) is 17.2 Å². The van der Waals surface area contributed by atoms with Gasteiger partial charge in [0.15, 0.2) is 11.5 Å². The molecule has 0 aromatic heterocycles. The zero-order chi connectivity index (χ0) is 13.0. The number of hydrogen-bond acceptors (Lipinski definition) is 5. The van der Waals surface area contributed by atoms with Crippen LogP contribution in [0.3, 0.4) is 0 Å². The molecular weight excluding hydrogens is 236 g/mol. The minimum Gasteiger partial charge on any atom is -0.493 e. The lowest BCUT2D eigenvalue weighted by Crippen LogP contribution is -2.04. The highest BCUT2D eigenvalue weighted by Gasteiger charge is 2.23. The van der Waals surface area contributed by atoms with Gasteiger partial charge in [0, 0.05) is 5.56 Å². The summed E-state index contributed by atoms with van der Waals surface area (Å²) in [6, 6.07) is 3.75. The van der Waals surface area contributed by atoms with E-state index in [4.69, 9.17) is 23.7 Å². The zero-order valence-electron chi connectivity index (χ0n) is 10.9. The lowest BCUT2D eigenvalue weighted by molar-refractivity contribution is 0.102. The summed E-state index contributed by atoms with van der Waals surface area (Å²) in [4.78, 5) is 0. The lowest BCUT2D eigenvalue weighted by atomic mass is 10.2. The van der Waals surface area contributed by atoms with Crippen LogP contribution in [-0.4, -0.2) is 40.6 Å². The van der Waals surface area contributed by atoms with Gasteiger partial charge in [0.05, 0.1) is 41.2 Å². The number of benzene rings is 1. The van der Waals surface area contributed by atoms with Crippen LogP contribution in [-0.2, 0) is 16.1 Å². The van der Waals surface area contributed by atoms with Crippen molar-refractivity contribution in [2.75, 3.05) is 34.5 Å². The predicted molar refractivity (Wildman–Crippen MR) is 65.5 cm³/mol. The fourth-order valence-electron chi connectivity index (χ4n) is 1.74. The van der Waals surface area contributed by atoms with Gasteiger partial charge in [-0.05, 0) is 12.1 Å². The standard InChI is InChI=1S/C13H18O5/c1-14-11-5-4-9(6-17-7-10-8-18-10)12(15-2)13(11)16-3/h4-5,10H,6-8H2,1-3H3/t10-/m0/s1. The molecule has 5 nitrogen and oxygen atoms in total. The van der Waals surface area contributed by atoms with E-state index in [0.29, 0.717) is 30.5 Å². The molecule has 0 bridgehead atoms. The van der Waals surface area contributed by atoms with Crippen molar-refractivity contribution in [3.8, 4) is 17.2 Å². The second-order valence-electron chi connectivity index (χ2n) is 3.96. The molecule has 1 aliphatic heterocycles. The van der Waals surface area contributed by atoms with E-state index < -0.39 is 0 Å². The van der Waals surface area contributed by atoms with Crippen molar-refractivity contribution in [2.45, 2.75) is 12.7 Å². The Hall–Kier alpha value is -1.46. The van der Waals surface area contributed by atoms with E-state index in [0.717, 1.165) is 12.2 Å². The summed E-state index contributed by atoms with van der Waals surface area (Å²) in [7, 11) is 4.78. The Morgan fingerprint density at radius 2 is 1.83 bits per heavy atom. The van der Waals surface area contributed by atoms with Crippen molar-refractivity contribution < 1.29 is 23.7 Å². The summed E-state index contributed by atoms with van der Waals surface area (Å²) in [6.07, 6.45) is 0.260. The van der Waals surface area contributed by atoms with Gasteiger partial charge in [-0.3, -0.25) is 0 Å². The molecule has 1 atom stereocenters. The number of hydrogen-bond donors (Lipinski definition) is 0. The molecule has 0 unspecified atom stereocenters. The second-order valence-corrected chi connectivity index (χ2v) is 3.96. The van der Waals surface area contributed by atoms with E-state index in [1.807, 2.05) is 12.1 Å². The van der Waals surface area contributed by atoms with Gasteiger partial charge in [-0.2, -0.15) is 0 Å². The fraction of sp³-hybridized carbons (Fsp3) is 0.538. The zero-order valence-corrected chi connectivity index (χ0v) is 10.9. The molecule has 2 rings (SSSR count). The van der Waals surface area contributed by atoms with E-state index >= 15 is 0 Å². The number of ether oxygens (including phenoxy) is 5. The van der Waals surface area contributed by atoms with E-state index in [1.54, 1.807) is 21.3 Å². The monoisotopic (exact) mass is 254 g/mol. The summed E-state index contributed by atoms with van der Waals surface area (Å²) in [5, 5.41) is 0. The molecule has 1 heterocycles.